The van der Waals surface area contributed by atoms with Crippen molar-refractivity contribution >= 4 is 21.4 Å². The van der Waals surface area contributed by atoms with Crippen LogP contribution in [0, 0.1) is 6.92 Å². The van der Waals surface area contributed by atoms with Gasteiger partial charge in [-0.3, -0.25) is 9.80 Å². The Labute approximate surface area is 130 Å². The first kappa shape index (κ1) is 13.7. The van der Waals surface area contributed by atoms with E-state index in [0.29, 0.717) is 0 Å². The van der Waals surface area contributed by atoms with Gasteiger partial charge in [0.1, 0.15) is 0 Å². The van der Waals surface area contributed by atoms with Crippen LogP contribution in [0.1, 0.15) is 10.4 Å². The number of aryl methyl sites for hydroxylation is 1. The Hall–Kier alpha value is -0.940. The molecule has 2 aliphatic heterocycles. The van der Waals surface area contributed by atoms with Crippen molar-refractivity contribution in [3.63, 3.8) is 0 Å². The van der Waals surface area contributed by atoms with E-state index in [9.17, 15) is 0 Å². The Morgan fingerprint density at radius 2 is 1.95 bits per heavy atom. The van der Waals surface area contributed by atoms with Gasteiger partial charge in [-0.05, 0) is 23.9 Å². The molecule has 2 fully saturated rings. The number of ether oxygens (including phenoxy) is 1. The van der Waals surface area contributed by atoms with Gasteiger partial charge in [0.25, 0.3) is 0 Å². The number of hydrogen-bond donors (Lipinski definition) is 0. The minimum atomic E-state index is 0.749. The topological polar surface area (TPSA) is 15.7 Å². The van der Waals surface area contributed by atoms with Crippen LogP contribution in [-0.2, 0) is 11.3 Å². The third-order valence-electron chi connectivity index (χ3n) is 4.78. The molecule has 0 radical (unpaired) electrons. The van der Waals surface area contributed by atoms with Crippen molar-refractivity contribution < 1.29 is 4.74 Å². The van der Waals surface area contributed by atoms with E-state index < -0.39 is 0 Å². The maximum absolute atomic E-state index is 5.44. The summed E-state index contributed by atoms with van der Waals surface area (Å²) >= 11 is 1.93. The molecule has 2 saturated heterocycles. The van der Waals surface area contributed by atoms with Gasteiger partial charge in [-0.1, -0.05) is 18.2 Å². The quantitative estimate of drug-likeness (QED) is 0.867. The van der Waals surface area contributed by atoms with Crippen LogP contribution in [0.15, 0.2) is 24.3 Å². The minimum Gasteiger partial charge on any atom is -0.379 e. The highest BCUT2D eigenvalue weighted by Gasteiger charge is 2.32. The third kappa shape index (κ3) is 2.61. The Bertz CT molecular complexity index is 627. The van der Waals surface area contributed by atoms with Crippen LogP contribution in [0.3, 0.4) is 0 Å². The van der Waals surface area contributed by atoms with Gasteiger partial charge in [-0.25, -0.2) is 0 Å². The molecule has 0 N–H and O–H groups in total. The fourth-order valence-electron chi connectivity index (χ4n) is 3.49. The van der Waals surface area contributed by atoms with Crippen molar-refractivity contribution in [1.29, 1.82) is 0 Å². The van der Waals surface area contributed by atoms with Gasteiger partial charge < -0.3 is 4.74 Å². The van der Waals surface area contributed by atoms with E-state index in [1.807, 2.05) is 11.3 Å². The fraction of sp³-hybridized carbons (Fsp3) is 0.529. The van der Waals surface area contributed by atoms with E-state index in [2.05, 4.69) is 41.0 Å². The predicted molar refractivity (Wildman–Crippen MR) is 88.0 cm³/mol. The zero-order chi connectivity index (χ0) is 14.2. The van der Waals surface area contributed by atoms with Gasteiger partial charge >= 0.3 is 0 Å². The normalized spacial score (nSPS) is 21.8. The first-order valence-electron chi connectivity index (χ1n) is 7.82. The first-order valence-corrected chi connectivity index (χ1v) is 8.64. The maximum atomic E-state index is 5.44. The molecule has 2 aromatic rings. The summed E-state index contributed by atoms with van der Waals surface area (Å²) in [7, 11) is 0. The molecule has 0 unspecified atom stereocenters. The number of benzene rings is 1. The molecular weight excluding hydrogens is 280 g/mol. The molecule has 1 aromatic heterocycles. The molecule has 3 heterocycles. The molecule has 0 bridgehead atoms. The van der Waals surface area contributed by atoms with Crippen LogP contribution in [0.4, 0.5) is 0 Å². The van der Waals surface area contributed by atoms with Crippen LogP contribution in [0.25, 0.3) is 10.1 Å². The van der Waals surface area contributed by atoms with E-state index in [1.54, 1.807) is 0 Å². The van der Waals surface area contributed by atoms with Crippen molar-refractivity contribution in [2.24, 2.45) is 0 Å². The lowest BCUT2D eigenvalue weighted by molar-refractivity contribution is -0.0343. The summed E-state index contributed by atoms with van der Waals surface area (Å²) in [5, 5.41) is 1.45. The molecule has 0 saturated carbocycles. The number of thiophene rings is 1. The lowest BCUT2D eigenvalue weighted by Crippen LogP contribution is -2.60. The van der Waals surface area contributed by atoms with E-state index in [4.69, 9.17) is 4.74 Å². The number of rotatable bonds is 3. The lowest BCUT2D eigenvalue weighted by Gasteiger charge is -2.46. The van der Waals surface area contributed by atoms with Crippen LogP contribution < -0.4 is 0 Å². The first-order chi connectivity index (χ1) is 10.3. The molecule has 4 heteroatoms. The predicted octanol–water partition coefficient (Wildman–Crippen LogP) is 2.73. The molecule has 0 amide bonds. The average molecular weight is 302 g/mol. The molecule has 0 atom stereocenters. The highest BCUT2D eigenvalue weighted by Crippen LogP contribution is 2.32. The summed E-state index contributed by atoms with van der Waals surface area (Å²) in [6.07, 6.45) is 0. The third-order valence-corrected chi connectivity index (χ3v) is 5.91. The smallest absolute Gasteiger partial charge is 0.0594 e. The van der Waals surface area contributed by atoms with E-state index in [-0.39, 0.29) is 0 Å². The molecule has 112 valence electrons. The van der Waals surface area contributed by atoms with Crippen LogP contribution in [0.2, 0.25) is 0 Å². The second kappa shape index (κ2) is 5.69. The van der Waals surface area contributed by atoms with Gasteiger partial charge in [0.2, 0.25) is 0 Å². The number of hydrogen-bond acceptors (Lipinski definition) is 4. The van der Waals surface area contributed by atoms with Gasteiger partial charge in [0, 0.05) is 48.3 Å². The van der Waals surface area contributed by atoms with Crippen molar-refractivity contribution in [3.8, 4) is 0 Å². The summed E-state index contributed by atoms with van der Waals surface area (Å²) < 4.78 is 6.87. The second-order valence-corrected chi connectivity index (χ2v) is 7.39. The molecule has 0 spiro atoms. The lowest BCUT2D eigenvalue weighted by atomic mass is 10.0. The van der Waals surface area contributed by atoms with E-state index in [1.165, 1.54) is 33.6 Å². The van der Waals surface area contributed by atoms with Gasteiger partial charge in [-0.2, -0.15) is 0 Å². The van der Waals surface area contributed by atoms with E-state index >= 15 is 0 Å². The summed E-state index contributed by atoms with van der Waals surface area (Å²) in [6.45, 7) is 9.83. The fourth-order valence-corrected chi connectivity index (χ4v) is 4.56. The largest absolute Gasteiger partial charge is 0.379 e. The van der Waals surface area contributed by atoms with Crippen molar-refractivity contribution in [2.45, 2.75) is 19.5 Å². The van der Waals surface area contributed by atoms with Gasteiger partial charge in [0.05, 0.1) is 13.2 Å². The molecule has 2 aliphatic rings. The SMILES string of the molecule is Cc1sc2ccccc2c1CN1CC(N2CCOCC2)C1. The molecule has 21 heavy (non-hydrogen) atoms. The summed E-state index contributed by atoms with van der Waals surface area (Å²) in [5.41, 5.74) is 1.54. The molecule has 0 aliphatic carbocycles. The molecule has 1 aromatic carbocycles. The average Bonchev–Trinajstić information content (AvgIpc) is 2.79. The molecule has 3 nitrogen and oxygen atoms in total. The summed E-state index contributed by atoms with van der Waals surface area (Å²) in [6, 6.07) is 9.56. The molecule has 4 rings (SSSR count). The number of likely N-dealkylation sites (tertiary alicyclic amines) is 1. The highest BCUT2D eigenvalue weighted by molar-refractivity contribution is 7.19. The number of nitrogens with zero attached hydrogens (tertiary/aromatic N) is 2. The highest BCUT2D eigenvalue weighted by atomic mass is 32.1. The van der Waals surface area contributed by atoms with Crippen LogP contribution in [0.5, 0.6) is 0 Å². The standard InChI is InChI=1S/C17H22N2OS/c1-13-16(15-4-2-3-5-17(15)21-13)12-18-10-14(11-18)19-6-8-20-9-7-19/h2-5,14H,6-12H2,1H3. The van der Waals surface area contributed by atoms with Crippen molar-refractivity contribution in [3.05, 3.63) is 34.7 Å². The zero-order valence-corrected chi connectivity index (χ0v) is 13.4. The number of morpholine rings is 1. The van der Waals surface area contributed by atoms with Crippen LogP contribution >= 0.6 is 11.3 Å². The van der Waals surface area contributed by atoms with Gasteiger partial charge in [-0.15, -0.1) is 11.3 Å². The zero-order valence-electron chi connectivity index (χ0n) is 12.5. The summed E-state index contributed by atoms with van der Waals surface area (Å²) in [5.74, 6) is 0. The van der Waals surface area contributed by atoms with Crippen molar-refractivity contribution in [2.75, 3.05) is 39.4 Å². The monoisotopic (exact) mass is 302 g/mol. The van der Waals surface area contributed by atoms with Crippen LogP contribution in [-0.4, -0.2) is 55.2 Å². The van der Waals surface area contributed by atoms with Gasteiger partial charge in [0.15, 0.2) is 0 Å². The second-order valence-electron chi connectivity index (χ2n) is 6.13. The van der Waals surface area contributed by atoms with Crippen molar-refractivity contribution in [1.82, 2.24) is 9.80 Å². The Morgan fingerprint density at radius 1 is 1.19 bits per heavy atom. The molecular formula is C17H22N2OS. The Balaban J connectivity index is 1.42. The maximum Gasteiger partial charge on any atom is 0.0594 e. The Morgan fingerprint density at radius 3 is 2.76 bits per heavy atom. The Kier molecular flexibility index (Phi) is 3.71. The summed E-state index contributed by atoms with van der Waals surface area (Å²) in [4.78, 5) is 6.66. The van der Waals surface area contributed by atoms with E-state index in [0.717, 1.165) is 38.9 Å². The minimum absolute atomic E-state index is 0.749. The number of fused-ring (bicyclic) bond motifs is 1.